The second-order valence-electron chi connectivity index (χ2n) is 27.7. The molecule has 3 heterocycles. The Morgan fingerprint density at radius 2 is 0.590 bits per heavy atom. The van der Waals surface area contributed by atoms with Crippen LogP contribution in [0.1, 0.15) is 105 Å². The molecule has 0 aliphatic rings. The van der Waals surface area contributed by atoms with Gasteiger partial charge in [-0.05, 0) is 137 Å². The number of nitrogens with zero attached hydrogens (tertiary/aromatic N) is 2. The van der Waals surface area contributed by atoms with E-state index in [0.717, 1.165) is 33.1 Å². The molecular weight excluding hydrogens is 1000 g/mol. The summed E-state index contributed by atoms with van der Waals surface area (Å²) in [5, 5.41) is 16.9. The van der Waals surface area contributed by atoms with Crippen molar-refractivity contribution in [3.05, 3.63) is 229 Å². The van der Waals surface area contributed by atoms with Crippen molar-refractivity contribution >= 4 is 109 Å². The van der Waals surface area contributed by atoms with Crippen molar-refractivity contribution in [3.8, 4) is 33.6 Å². The van der Waals surface area contributed by atoms with Crippen molar-refractivity contribution in [1.82, 2.24) is 9.13 Å². The Bertz CT molecular complexity index is 4980. The van der Waals surface area contributed by atoms with E-state index in [1.54, 1.807) is 0 Å². The summed E-state index contributed by atoms with van der Waals surface area (Å²) < 4.78 is 12.5. The first-order valence-electron chi connectivity index (χ1n) is 29.7. The van der Waals surface area contributed by atoms with E-state index >= 15 is 0 Å². The summed E-state index contributed by atoms with van der Waals surface area (Å²) in [5.41, 5.74) is 19.0. The van der Waals surface area contributed by atoms with Gasteiger partial charge in [-0.1, -0.05) is 229 Å². The molecule has 12 aromatic carbocycles. The molecule has 83 heavy (non-hydrogen) atoms. The van der Waals surface area contributed by atoms with Crippen LogP contribution < -0.4 is 0 Å². The molecule has 0 saturated carbocycles. The zero-order valence-corrected chi connectivity index (χ0v) is 49.9. The standard InChI is InChI=1S/C80H70N2O/c1-77(2,3)48-33-38-67-63(43-48)64-44-49(78(4,5)6)34-39-68(64)81(67)74-57-26-17-13-22-53(57)72(54-23-14-18-27-58(54)74)47-32-37-52-61-30-21-31-62(76(61)83-71(52)42-47)73-55-24-15-19-28-59(55)75(60-29-20-16-25-56(60)73)82-69-40-35-50(79(7,8)9)45-65(69)66-46-51(80(10,11)12)36-41-70(66)82/h13-46H,1-12H3. The highest BCUT2D eigenvalue weighted by Crippen LogP contribution is 2.50. The highest BCUT2D eigenvalue weighted by molar-refractivity contribution is 6.25. The van der Waals surface area contributed by atoms with E-state index in [1.807, 2.05) is 0 Å². The van der Waals surface area contributed by atoms with Crippen LogP contribution in [0.15, 0.2) is 211 Å². The van der Waals surface area contributed by atoms with Gasteiger partial charge in [-0.2, -0.15) is 0 Å². The Balaban J connectivity index is 0.943. The predicted molar refractivity (Wildman–Crippen MR) is 358 cm³/mol. The monoisotopic (exact) mass is 1070 g/mol. The predicted octanol–water partition coefficient (Wildman–Crippen LogP) is 22.9. The van der Waals surface area contributed by atoms with Gasteiger partial charge in [0.25, 0.3) is 0 Å². The minimum Gasteiger partial charge on any atom is -0.455 e. The highest BCUT2D eigenvalue weighted by Gasteiger charge is 2.28. The van der Waals surface area contributed by atoms with Gasteiger partial charge < -0.3 is 13.6 Å². The molecule has 0 radical (unpaired) electrons. The molecule has 0 spiro atoms. The number of aromatic nitrogens is 2. The van der Waals surface area contributed by atoms with E-state index in [2.05, 4.69) is 298 Å². The fourth-order valence-electron chi connectivity index (χ4n) is 13.8. The molecule has 0 N–H and O–H groups in total. The fourth-order valence-corrected chi connectivity index (χ4v) is 13.8. The molecule has 0 atom stereocenters. The van der Waals surface area contributed by atoms with Crippen LogP contribution in [0.4, 0.5) is 0 Å². The van der Waals surface area contributed by atoms with E-state index in [1.165, 1.54) is 131 Å². The van der Waals surface area contributed by atoms with E-state index in [0.29, 0.717) is 0 Å². The van der Waals surface area contributed by atoms with Gasteiger partial charge in [0.2, 0.25) is 0 Å². The summed E-state index contributed by atoms with van der Waals surface area (Å²) in [4.78, 5) is 0. The maximum absolute atomic E-state index is 7.35. The Labute approximate surface area is 486 Å². The molecule has 3 heteroatoms. The summed E-state index contributed by atoms with van der Waals surface area (Å²) in [7, 11) is 0. The fraction of sp³-hybridized carbons (Fsp3) is 0.200. The topological polar surface area (TPSA) is 23.0 Å². The lowest BCUT2D eigenvalue weighted by atomic mass is 9.85. The van der Waals surface area contributed by atoms with Crippen LogP contribution in [0.5, 0.6) is 0 Å². The minimum atomic E-state index is 0.00294. The Hall–Kier alpha value is -8.92. The third kappa shape index (κ3) is 7.76. The molecule has 0 aliphatic carbocycles. The zero-order chi connectivity index (χ0) is 57.2. The van der Waals surface area contributed by atoms with Crippen LogP contribution in [0.2, 0.25) is 0 Å². The first-order valence-corrected chi connectivity index (χ1v) is 29.7. The molecule has 0 aliphatic heterocycles. The molecule has 15 rings (SSSR count). The highest BCUT2D eigenvalue weighted by atomic mass is 16.3. The molecule has 15 aromatic rings. The van der Waals surface area contributed by atoms with Gasteiger partial charge >= 0.3 is 0 Å². The van der Waals surface area contributed by atoms with Crippen LogP contribution in [-0.2, 0) is 21.7 Å². The lowest BCUT2D eigenvalue weighted by molar-refractivity contribution is 0.590. The number of para-hydroxylation sites is 1. The van der Waals surface area contributed by atoms with Gasteiger partial charge in [-0.15, -0.1) is 0 Å². The van der Waals surface area contributed by atoms with E-state index in [-0.39, 0.29) is 21.7 Å². The van der Waals surface area contributed by atoms with Crippen molar-refractivity contribution in [2.45, 2.75) is 105 Å². The van der Waals surface area contributed by atoms with Gasteiger partial charge in [0.1, 0.15) is 11.2 Å². The molecule has 3 aromatic heterocycles. The number of hydrogen-bond donors (Lipinski definition) is 0. The van der Waals surface area contributed by atoms with Gasteiger partial charge in [0, 0.05) is 65.0 Å². The van der Waals surface area contributed by atoms with Crippen molar-refractivity contribution in [2.24, 2.45) is 0 Å². The summed E-state index contributed by atoms with van der Waals surface area (Å²) >= 11 is 0. The molecule has 0 saturated heterocycles. The summed E-state index contributed by atoms with van der Waals surface area (Å²) in [6.45, 7) is 27.8. The third-order valence-corrected chi connectivity index (χ3v) is 18.3. The quantitative estimate of drug-likeness (QED) is 0.161. The third-order valence-electron chi connectivity index (χ3n) is 18.3. The SMILES string of the molecule is CC(C)(C)c1ccc2c(c1)c1cc(C(C)(C)C)ccc1n2-c1c2ccccc2c(-c2ccc3c(c2)oc2c(-c4c5ccccc5c(-n5c6ccc(C(C)(C)C)cc6c6cc(C(C)(C)C)ccc65)c5ccccc45)cccc23)c2ccccc12. The molecule has 0 unspecified atom stereocenters. The molecule has 3 nitrogen and oxygen atoms in total. The van der Waals surface area contributed by atoms with E-state index in [4.69, 9.17) is 4.42 Å². The second kappa shape index (κ2) is 17.8. The number of hydrogen-bond acceptors (Lipinski definition) is 1. The summed E-state index contributed by atoms with van der Waals surface area (Å²) in [6.07, 6.45) is 0. The maximum Gasteiger partial charge on any atom is 0.143 e. The van der Waals surface area contributed by atoms with Crippen molar-refractivity contribution in [3.63, 3.8) is 0 Å². The lowest BCUT2D eigenvalue weighted by Crippen LogP contribution is -2.10. The Kier molecular flexibility index (Phi) is 10.9. The number of fused-ring (bicyclic) bond motifs is 13. The first kappa shape index (κ1) is 51.0. The largest absolute Gasteiger partial charge is 0.455 e. The Morgan fingerprint density at radius 3 is 0.940 bits per heavy atom. The first-order chi connectivity index (χ1) is 39.7. The molecule has 0 fully saturated rings. The van der Waals surface area contributed by atoms with Gasteiger partial charge in [-0.25, -0.2) is 0 Å². The smallest absolute Gasteiger partial charge is 0.143 e. The molecule has 0 bridgehead atoms. The van der Waals surface area contributed by atoms with E-state index < -0.39 is 0 Å². The zero-order valence-electron chi connectivity index (χ0n) is 49.9. The second-order valence-corrected chi connectivity index (χ2v) is 27.7. The van der Waals surface area contributed by atoms with Gasteiger partial charge in [-0.3, -0.25) is 0 Å². The number of rotatable bonds is 4. The average molecular weight is 1080 g/mol. The van der Waals surface area contributed by atoms with Gasteiger partial charge in [0.05, 0.1) is 33.4 Å². The molecular formula is C80H70N2O. The summed E-state index contributed by atoms with van der Waals surface area (Å²) in [5.74, 6) is 0. The van der Waals surface area contributed by atoms with Crippen molar-refractivity contribution in [2.75, 3.05) is 0 Å². The van der Waals surface area contributed by atoms with Crippen molar-refractivity contribution < 1.29 is 4.42 Å². The van der Waals surface area contributed by atoms with E-state index in [9.17, 15) is 0 Å². The Morgan fingerprint density at radius 1 is 0.265 bits per heavy atom. The number of furan rings is 1. The van der Waals surface area contributed by atoms with Crippen LogP contribution in [0.3, 0.4) is 0 Å². The lowest BCUT2D eigenvalue weighted by Gasteiger charge is -2.21. The van der Waals surface area contributed by atoms with Crippen LogP contribution in [-0.4, -0.2) is 9.13 Å². The molecule has 406 valence electrons. The number of benzene rings is 12. The van der Waals surface area contributed by atoms with Crippen LogP contribution in [0.25, 0.3) is 142 Å². The van der Waals surface area contributed by atoms with Crippen LogP contribution in [0, 0.1) is 0 Å². The minimum absolute atomic E-state index is 0.00294. The maximum atomic E-state index is 7.35. The van der Waals surface area contributed by atoms with Crippen molar-refractivity contribution in [1.29, 1.82) is 0 Å². The molecule has 0 amide bonds. The summed E-state index contributed by atoms with van der Waals surface area (Å²) in [6, 6.07) is 78.4. The van der Waals surface area contributed by atoms with Crippen LogP contribution >= 0.6 is 0 Å². The average Bonchev–Trinajstić information content (AvgIpc) is 2.14. The van der Waals surface area contributed by atoms with Gasteiger partial charge in [0.15, 0.2) is 0 Å². The normalized spacial score (nSPS) is 13.1.